The number of aromatic nitrogens is 2. The van der Waals surface area contributed by atoms with Crippen molar-refractivity contribution in [3.63, 3.8) is 0 Å². The molecule has 0 unspecified atom stereocenters. The van der Waals surface area contributed by atoms with Gasteiger partial charge < -0.3 is 9.64 Å². The molecule has 0 bridgehead atoms. The maximum Gasteiger partial charge on any atom is 0.171 e. The van der Waals surface area contributed by atoms with Gasteiger partial charge in [0, 0.05) is 13.1 Å². The van der Waals surface area contributed by atoms with E-state index in [4.69, 9.17) is 16.3 Å². The van der Waals surface area contributed by atoms with E-state index in [0.29, 0.717) is 5.15 Å². The number of hydrogen-bond donors (Lipinski definition) is 0. The van der Waals surface area contributed by atoms with Crippen molar-refractivity contribution in [1.29, 1.82) is 0 Å². The fourth-order valence-electron chi connectivity index (χ4n) is 2.12. The summed E-state index contributed by atoms with van der Waals surface area (Å²) in [4.78, 5) is 11.0. The Balaban J connectivity index is 2.30. The van der Waals surface area contributed by atoms with Crippen LogP contribution in [-0.4, -0.2) is 35.3 Å². The van der Waals surface area contributed by atoms with Gasteiger partial charge in [0.25, 0.3) is 0 Å². The lowest BCUT2D eigenvalue weighted by molar-refractivity contribution is -0.00547. The molecule has 1 aromatic rings. The Bertz CT molecular complexity index is 414. The van der Waals surface area contributed by atoms with E-state index in [0.717, 1.165) is 30.3 Å². The first kappa shape index (κ1) is 12.6. The number of morpholine rings is 1. The lowest BCUT2D eigenvalue weighted by Gasteiger charge is -2.36. The van der Waals surface area contributed by atoms with Crippen molar-refractivity contribution in [1.82, 2.24) is 9.97 Å². The molecule has 4 nitrogen and oxygen atoms in total. The van der Waals surface area contributed by atoms with Crippen LogP contribution in [0.5, 0.6) is 0 Å². The van der Waals surface area contributed by atoms with Gasteiger partial charge in [-0.2, -0.15) is 0 Å². The second-order valence-electron chi connectivity index (χ2n) is 4.67. The van der Waals surface area contributed by atoms with Gasteiger partial charge in [-0.05, 0) is 27.7 Å². The van der Waals surface area contributed by atoms with Crippen molar-refractivity contribution in [3.8, 4) is 0 Å². The number of aryl methyl sites for hydroxylation is 2. The highest BCUT2D eigenvalue weighted by Gasteiger charge is 2.25. The molecule has 2 heterocycles. The molecule has 1 fully saturated rings. The van der Waals surface area contributed by atoms with E-state index in [-0.39, 0.29) is 12.2 Å². The second kappa shape index (κ2) is 4.78. The molecule has 2 rings (SSSR count). The summed E-state index contributed by atoms with van der Waals surface area (Å²) < 4.78 is 5.70. The van der Waals surface area contributed by atoms with Gasteiger partial charge >= 0.3 is 0 Å². The Kier molecular flexibility index (Phi) is 3.54. The molecule has 17 heavy (non-hydrogen) atoms. The summed E-state index contributed by atoms with van der Waals surface area (Å²) in [6, 6.07) is 0. The molecule has 1 saturated heterocycles. The lowest BCUT2D eigenvalue weighted by Crippen LogP contribution is -2.46. The zero-order valence-electron chi connectivity index (χ0n) is 10.7. The number of anilines is 1. The molecule has 0 amide bonds. The Morgan fingerprint density at radius 3 is 2.24 bits per heavy atom. The van der Waals surface area contributed by atoms with Gasteiger partial charge in [-0.15, -0.1) is 0 Å². The van der Waals surface area contributed by atoms with Gasteiger partial charge in [0.1, 0.15) is 0 Å². The highest BCUT2D eigenvalue weighted by Crippen LogP contribution is 2.25. The Morgan fingerprint density at radius 2 is 1.65 bits per heavy atom. The van der Waals surface area contributed by atoms with Gasteiger partial charge in [-0.1, -0.05) is 11.6 Å². The van der Waals surface area contributed by atoms with Crippen LogP contribution in [-0.2, 0) is 4.74 Å². The third-order valence-electron chi connectivity index (χ3n) is 2.97. The minimum atomic E-state index is 0.193. The van der Waals surface area contributed by atoms with E-state index in [1.54, 1.807) is 0 Å². The molecule has 2 atom stereocenters. The van der Waals surface area contributed by atoms with E-state index in [2.05, 4.69) is 28.7 Å². The molecule has 0 saturated carbocycles. The maximum atomic E-state index is 6.17. The van der Waals surface area contributed by atoms with Crippen molar-refractivity contribution < 1.29 is 4.74 Å². The molecule has 5 heteroatoms. The molecular weight excluding hydrogens is 238 g/mol. The van der Waals surface area contributed by atoms with Crippen LogP contribution in [0.4, 0.5) is 5.82 Å². The summed E-state index contributed by atoms with van der Waals surface area (Å²) in [6.45, 7) is 9.61. The van der Waals surface area contributed by atoms with E-state index in [9.17, 15) is 0 Å². The van der Waals surface area contributed by atoms with Crippen LogP contribution >= 0.6 is 11.6 Å². The normalized spacial score (nSPS) is 25.1. The monoisotopic (exact) mass is 255 g/mol. The summed E-state index contributed by atoms with van der Waals surface area (Å²) in [6.07, 6.45) is 0.386. The van der Waals surface area contributed by atoms with E-state index in [1.165, 1.54) is 0 Å². The highest BCUT2D eigenvalue weighted by molar-refractivity contribution is 6.31. The molecule has 1 aliphatic rings. The number of halogens is 1. The second-order valence-corrected chi connectivity index (χ2v) is 5.03. The van der Waals surface area contributed by atoms with Crippen LogP contribution in [0.25, 0.3) is 0 Å². The topological polar surface area (TPSA) is 38.2 Å². The van der Waals surface area contributed by atoms with Gasteiger partial charge in [-0.3, -0.25) is 0 Å². The summed E-state index contributed by atoms with van der Waals surface area (Å²) in [5.41, 5.74) is 1.81. The molecule has 0 spiro atoms. The van der Waals surface area contributed by atoms with Crippen LogP contribution in [0.1, 0.15) is 25.2 Å². The molecule has 0 N–H and O–H groups in total. The summed E-state index contributed by atoms with van der Waals surface area (Å²) in [7, 11) is 0. The van der Waals surface area contributed by atoms with Crippen LogP contribution in [0.15, 0.2) is 0 Å². The lowest BCUT2D eigenvalue weighted by atomic mass is 10.2. The van der Waals surface area contributed by atoms with E-state index >= 15 is 0 Å². The first-order valence-electron chi connectivity index (χ1n) is 5.88. The number of hydrogen-bond acceptors (Lipinski definition) is 4. The molecule has 0 aromatic carbocycles. The smallest absolute Gasteiger partial charge is 0.171 e. The highest BCUT2D eigenvalue weighted by atomic mass is 35.5. The fraction of sp³-hybridized carbons (Fsp3) is 0.667. The van der Waals surface area contributed by atoms with Crippen LogP contribution in [0.3, 0.4) is 0 Å². The van der Waals surface area contributed by atoms with Crippen LogP contribution < -0.4 is 4.90 Å². The minimum absolute atomic E-state index is 0.193. The van der Waals surface area contributed by atoms with Crippen molar-refractivity contribution in [2.75, 3.05) is 18.0 Å². The minimum Gasteiger partial charge on any atom is -0.372 e. The zero-order valence-corrected chi connectivity index (χ0v) is 11.5. The fourth-order valence-corrected chi connectivity index (χ4v) is 2.40. The van der Waals surface area contributed by atoms with Gasteiger partial charge in [-0.25, -0.2) is 9.97 Å². The number of rotatable bonds is 1. The number of ether oxygens (including phenoxy) is 1. The first-order valence-corrected chi connectivity index (χ1v) is 6.26. The standard InChI is InChI=1S/C12H18ClN3O/c1-7-5-16(6-8(2)17-7)12-11(13)14-9(3)10(4)15-12/h7-8H,5-6H2,1-4H3/t7-,8+. The zero-order chi connectivity index (χ0) is 12.6. The summed E-state index contributed by atoms with van der Waals surface area (Å²) >= 11 is 6.17. The third-order valence-corrected chi connectivity index (χ3v) is 3.22. The quantitative estimate of drug-likeness (QED) is 0.772. The summed E-state index contributed by atoms with van der Waals surface area (Å²) in [5, 5.41) is 0.481. The van der Waals surface area contributed by atoms with Crippen molar-refractivity contribution >= 4 is 17.4 Å². The predicted octanol–water partition coefficient (Wildman–Crippen LogP) is 2.36. The first-order chi connectivity index (χ1) is 7.97. The molecule has 0 radical (unpaired) electrons. The average molecular weight is 256 g/mol. The van der Waals surface area contributed by atoms with Crippen molar-refractivity contribution in [2.45, 2.75) is 39.9 Å². The maximum absolute atomic E-state index is 6.17. The molecule has 0 aliphatic carbocycles. The van der Waals surface area contributed by atoms with Gasteiger partial charge in [0.15, 0.2) is 11.0 Å². The Hall–Kier alpha value is -0.870. The number of nitrogens with zero attached hydrogens (tertiary/aromatic N) is 3. The molecule has 1 aliphatic heterocycles. The van der Waals surface area contributed by atoms with E-state index in [1.807, 2.05) is 13.8 Å². The van der Waals surface area contributed by atoms with Crippen LogP contribution in [0.2, 0.25) is 5.15 Å². The summed E-state index contributed by atoms with van der Waals surface area (Å²) in [5.74, 6) is 0.775. The van der Waals surface area contributed by atoms with Crippen molar-refractivity contribution in [2.24, 2.45) is 0 Å². The third kappa shape index (κ3) is 2.69. The van der Waals surface area contributed by atoms with Gasteiger partial charge in [0.05, 0.1) is 23.6 Å². The molecule has 94 valence electrons. The van der Waals surface area contributed by atoms with Gasteiger partial charge in [0.2, 0.25) is 0 Å². The SMILES string of the molecule is Cc1nc(Cl)c(N2C[C@@H](C)O[C@@H](C)C2)nc1C. The largest absolute Gasteiger partial charge is 0.372 e. The van der Waals surface area contributed by atoms with E-state index < -0.39 is 0 Å². The van der Waals surface area contributed by atoms with Crippen molar-refractivity contribution in [3.05, 3.63) is 16.5 Å². The Morgan fingerprint density at radius 1 is 1.12 bits per heavy atom. The molecular formula is C12H18ClN3O. The van der Waals surface area contributed by atoms with Crippen LogP contribution in [0, 0.1) is 13.8 Å². The Labute approximate surface area is 107 Å². The molecule has 1 aromatic heterocycles. The average Bonchev–Trinajstić information content (AvgIpc) is 2.22. The predicted molar refractivity (Wildman–Crippen MR) is 68.7 cm³/mol.